The molecule has 2 aromatic carbocycles. The number of para-hydroxylation sites is 1. The number of sulfonamides is 1. The van der Waals surface area contributed by atoms with Gasteiger partial charge in [-0.1, -0.05) is 24.3 Å². The van der Waals surface area contributed by atoms with Crippen molar-refractivity contribution in [2.75, 3.05) is 24.5 Å². The average molecular weight is 429 g/mol. The zero-order valence-electron chi connectivity index (χ0n) is 16.8. The van der Waals surface area contributed by atoms with Gasteiger partial charge in [-0.05, 0) is 56.0 Å². The minimum absolute atomic E-state index is 0.0614. The van der Waals surface area contributed by atoms with Gasteiger partial charge in [0.15, 0.2) is 6.10 Å². The first kappa shape index (κ1) is 20.6. The highest BCUT2D eigenvalue weighted by molar-refractivity contribution is 7.89. The maximum absolute atomic E-state index is 12.8. The van der Waals surface area contributed by atoms with Crippen LogP contribution < -0.4 is 4.90 Å². The smallest absolute Gasteiger partial charge is 0.338 e. The molecule has 2 aromatic rings. The fourth-order valence-corrected chi connectivity index (χ4v) is 5.49. The molecular weight excluding hydrogens is 404 g/mol. The standard InChI is InChI=1S/C22H24N2O5S/c1-16(21(25)24-14-11-17-7-2-3-10-20(17)24)29-22(26)18-8-6-9-19(15-18)30(27,28)23-12-4-5-13-23/h2-3,6-10,15-16H,4-5,11-14H2,1H3/t16-/m0/s1. The van der Waals surface area contributed by atoms with E-state index in [1.54, 1.807) is 4.90 Å². The van der Waals surface area contributed by atoms with Crippen LogP contribution >= 0.6 is 0 Å². The van der Waals surface area contributed by atoms with Crippen molar-refractivity contribution in [1.82, 2.24) is 4.31 Å². The summed E-state index contributed by atoms with van der Waals surface area (Å²) < 4.78 is 32.3. The molecule has 0 unspecified atom stereocenters. The van der Waals surface area contributed by atoms with Crippen LogP contribution in [0.3, 0.4) is 0 Å². The zero-order chi connectivity index (χ0) is 21.3. The van der Waals surface area contributed by atoms with Gasteiger partial charge in [-0.25, -0.2) is 13.2 Å². The van der Waals surface area contributed by atoms with Gasteiger partial charge in [0.25, 0.3) is 5.91 Å². The molecule has 0 bridgehead atoms. The maximum atomic E-state index is 12.8. The van der Waals surface area contributed by atoms with Crippen molar-refractivity contribution >= 4 is 27.6 Å². The predicted octanol–water partition coefficient (Wildman–Crippen LogP) is 2.61. The molecule has 0 aromatic heterocycles. The molecule has 0 aliphatic carbocycles. The normalized spacial score (nSPS) is 17.6. The van der Waals surface area contributed by atoms with E-state index in [9.17, 15) is 18.0 Å². The van der Waals surface area contributed by atoms with Crippen LogP contribution in [0.25, 0.3) is 0 Å². The van der Waals surface area contributed by atoms with E-state index in [0.717, 1.165) is 30.5 Å². The maximum Gasteiger partial charge on any atom is 0.338 e. The molecule has 2 aliphatic rings. The Morgan fingerprint density at radius 3 is 2.50 bits per heavy atom. The summed E-state index contributed by atoms with van der Waals surface area (Å²) >= 11 is 0. The van der Waals surface area contributed by atoms with Crippen LogP contribution in [0.2, 0.25) is 0 Å². The van der Waals surface area contributed by atoms with E-state index in [4.69, 9.17) is 4.74 Å². The van der Waals surface area contributed by atoms with Crippen LogP contribution in [0.1, 0.15) is 35.7 Å². The molecule has 1 atom stereocenters. The summed E-state index contributed by atoms with van der Waals surface area (Å²) in [5, 5.41) is 0. The lowest BCUT2D eigenvalue weighted by Gasteiger charge is -2.22. The van der Waals surface area contributed by atoms with Gasteiger partial charge < -0.3 is 9.64 Å². The monoisotopic (exact) mass is 428 g/mol. The van der Waals surface area contributed by atoms with Crippen LogP contribution in [-0.4, -0.2) is 50.3 Å². The number of nitrogens with zero attached hydrogens (tertiary/aromatic N) is 2. The van der Waals surface area contributed by atoms with Crippen LogP contribution in [0.4, 0.5) is 5.69 Å². The Labute approximate surface area is 176 Å². The van der Waals surface area contributed by atoms with Crippen molar-refractivity contribution < 1.29 is 22.7 Å². The number of hydrogen-bond acceptors (Lipinski definition) is 5. The van der Waals surface area contributed by atoms with Crippen LogP contribution in [0.15, 0.2) is 53.4 Å². The highest BCUT2D eigenvalue weighted by atomic mass is 32.2. The van der Waals surface area contributed by atoms with E-state index in [1.165, 1.54) is 35.5 Å². The number of rotatable bonds is 5. The molecule has 1 saturated heterocycles. The van der Waals surface area contributed by atoms with E-state index in [2.05, 4.69) is 0 Å². The van der Waals surface area contributed by atoms with Gasteiger partial charge in [-0.3, -0.25) is 4.79 Å². The van der Waals surface area contributed by atoms with E-state index in [1.807, 2.05) is 24.3 Å². The molecule has 0 radical (unpaired) electrons. The predicted molar refractivity (Wildman–Crippen MR) is 112 cm³/mol. The Hall–Kier alpha value is -2.71. The average Bonchev–Trinajstić information content (AvgIpc) is 3.44. The number of amides is 1. The lowest BCUT2D eigenvalue weighted by molar-refractivity contribution is -0.126. The van der Waals surface area contributed by atoms with Gasteiger partial charge in [-0.15, -0.1) is 0 Å². The lowest BCUT2D eigenvalue weighted by atomic mass is 10.2. The van der Waals surface area contributed by atoms with Crippen LogP contribution in [0, 0.1) is 0 Å². The van der Waals surface area contributed by atoms with Gasteiger partial charge in [0.2, 0.25) is 10.0 Å². The summed E-state index contributed by atoms with van der Waals surface area (Å²) in [7, 11) is -3.64. The number of carbonyl (C=O) groups is 2. The molecule has 7 nitrogen and oxygen atoms in total. The summed E-state index contributed by atoms with van der Waals surface area (Å²) in [6.45, 7) is 3.05. The number of carbonyl (C=O) groups excluding carboxylic acids is 2. The summed E-state index contributed by atoms with van der Waals surface area (Å²) in [5.41, 5.74) is 2.03. The molecule has 0 spiro atoms. The molecule has 8 heteroatoms. The first-order valence-electron chi connectivity index (χ1n) is 10.1. The van der Waals surface area contributed by atoms with E-state index in [-0.39, 0.29) is 16.4 Å². The molecule has 2 aliphatic heterocycles. The highest BCUT2D eigenvalue weighted by Gasteiger charge is 2.31. The van der Waals surface area contributed by atoms with Gasteiger partial charge in [-0.2, -0.15) is 4.31 Å². The van der Waals surface area contributed by atoms with Gasteiger partial charge in [0.05, 0.1) is 10.5 Å². The van der Waals surface area contributed by atoms with E-state index in [0.29, 0.717) is 19.6 Å². The fourth-order valence-electron chi connectivity index (χ4n) is 3.93. The molecule has 0 saturated carbocycles. The molecule has 30 heavy (non-hydrogen) atoms. The third kappa shape index (κ3) is 3.85. The molecule has 0 N–H and O–H groups in total. The fraction of sp³-hybridized carbons (Fsp3) is 0.364. The van der Waals surface area contributed by atoms with Crippen LogP contribution in [0.5, 0.6) is 0 Å². The molecule has 1 amide bonds. The quantitative estimate of drug-likeness (QED) is 0.684. The third-order valence-corrected chi connectivity index (χ3v) is 7.45. The largest absolute Gasteiger partial charge is 0.449 e. The topological polar surface area (TPSA) is 84.0 Å². The number of benzene rings is 2. The lowest BCUT2D eigenvalue weighted by Crippen LogP contribution is -2.39. The summed E-state index contributed by atoms with van der Waals surface area (Å²) in [5.74, 6) is -1.02. The number of anilines is 1. The molecule has 158 valence electrons. The third-order valence-electron chi connectivity index (χ3n) is 5.56. The second-order valence-electron chi connectivity index (χ2n) is 7.56. The van der Waals surface area contributed by atoms with Crippen molar-refractivity contribution in [3.63, 3.8) is 0 Å². The Morgan fingerprint density at radius 1 is 1.00 bits per heavy atom. The van der Waals surface area contributed by atoms with Crippen molar-refractivity contribution in [2.45, 2.75) is 37.2 Å². The number of fused-ring (bicyclic) bond motifs is 1. The first-order valence-corrected chi connectivity index (χ1v) is 11.5. The summed E-state index contributed by atoms with van der Waals surface area (Å²) in [4.78, 5) is 27.1. The SMILES string of the molecule is C[C@H](OC(=O)c1cccc(S(=O)(=O)N2CCCC2)c1)C(=O)N1CCc2ccccc21. The van der Waals surface area contributed by atoms with E-state index < -0.39 is 22.1 Å². The molecule has 4 rings (SSSR count). The minimum Gasteiger partial charge on any atom is -0.449 e. The van der Waals surface area contributed by atoms with Crippen molar-refractivity contribution in [1.29, 1.82) is 0 Å². The minimum atomic E-state index is -3.64. The summed E-state index contributed by atoms with van der Waals surface area (Å²) in [6.07, 6.45) is 1.45. The zero-order valence-corrected chi connectivity index (χ0v) is 17.6. The summed E-state index contributed by atoms with van der Waals surface area (Å²) in [6, 6.07) is 13.5. The van der Waals surface area contributed by atoms with E-state index >= 15 is 0 Å². The number of ether oxygens (including phenoxy) is 1. The second-order valence-corrected chi connectivity index (χ2v) is 9.49. The Bertz CT molecular complexity index is 1080. The van der Waals surface area contributed by atoms with Gasteiger partial charge in [0, 0.05) is 25.3 Å². The van der Waals surface area contributed by atoms with Crippen molar-refractivity contribution in [3.05, 3.63) is 59.7 Å². The molecule has 2 heterocycles. The van der Waals surface area contributed by atoms with Crippen molar-refractivity contribution in [3.8, 4) is 0 Å². The number of esters is 1. The van der Waals surface area contributed by atoms with Gasteiger partial charge >= 0.3 is 5.97 Å². The van der Waals surface area contributed by atoms with Gasteiger partial charge in [0.1, 0.15) is 0 Å². The molecule has 1 fully saturated rings. The Balaban J connectivity index is 1.47. The second kappa shape index (κ2) is 8.20. The van der Waals surface area contributed by atoms with Crippen LogP contribution in [-0.2, 0) is 26.0 Å². The Morgan fingerprint density at radius 2 is 1.73 bits per heavy atom. The molecular formula is C22H24N2O5S. The Kier molecular flexibility index (Phi) is 5.62. The highest BCUT2D eigenvalue weighted by Crippen LogP contribution is 2.28. The first-order chi connectivity index (χ1) is 14.4. The van der Waals surface area contributed by atoms with Crippen molar-refractivity contribution in [2.24, 2.45) is 0 Å². The number of hydrogen-bond donors (Lipinski definition) is 0.